The van der Waals surface area contributed by atoms with Crippen molar-refractivity contribution in [1.29, 1.82) is 0 Å². The maximum Gasteiger partial charge on any atom is 3.00 e. The van der Waals surface area contributed by atoms with E-state index in [4.69, 9.17) is 0 Å². The van der Waals surface area contributed by atoms with Crippen molar-refractivity contribution in [3.8, 4) is 0 Å². The Morgan fingerprint density at radius 2 is 0.682 bits per heavy atom. The van der Waals surface area contributed by atoms with Crippen molar-refractivity contribution in [3.63, 3.8) is 0 Å². The summed E-state index contributed by atoms with van der Waals surface area (Å²) in [6, 6.07) is 0. The smallest absolute Gasteiger partial charge is 0.876 e. The molecule has 0 rings (SSSR count). The second-order valence-corrected chi connectivity index (χ2v) is 4.10. The fourth-order valence-electron chi connectivity index (χ4n) is 0.859. The third kappa shape index (κ3) is 51.5. The van der Waals surface area contributed by atoms with Crippen LogP contribution in [-0.2, 0) is 36.8 Å². The summed E-state index contributed by atoms with van der Waals surface area (Å²) in [5, 5.41) is 29.9. The summed E-state index contributed by atoms with van der Waals surface area (Å²) in [5.41, 5.74) is 0. The van der Waals surface area contributed by atoms with Crippen molar-refractivity contribution in [2.24, 2.45) is 0 Å². The topological polar surface area (TPSA) is 120 Å². The standard InChI is InChI=1S/3C5H8O2.Au/c3*1-4(6)3-5(2)7;/h3*3,6H,1-2H3;/q;;;+3/p-3. The monoisotopic (exact) mass is 494 g/mol. The molecule has 0 aromatic rings. The molecular formula is C15H21AuO6. The fraction of sp³-hybridized carbons (Fsp3) is 0.400. The number of allylic oxidation sites excluding steroid dienone is 6. The van der Waals surface area contributed by atoms with E-state index in [2.05, 4.69) is 0 Å². The largest absolute Gasteiger partial charge is 3.00 e. The van der Waals surface area contributed by atoms with Gasteiger partial charge >= 0.3 is 22.4 Å². The van der Waals surface area contributed by atoms with Crippen LogP contribution in [0.5, 0.6) is 0 Å². The van der Waals surface area contributed by atoms with Crippen LogP contribution in [0, 0.1) is 0 Å². The number of carbonyl (C=O) groups excluding carboxylic acids is 3. The number of carbonyl (C=O) groups is 3. The molecule has 0 aliphatic heterocycles. The third-order valence-corrected chi connectivity index (χ3v) is 1.22. The minimum atomic E-state index is -0.187. The maximum atomic E-state index is 9.98. The van der Waals surface area contributed by atoms with Gasteiger partial charge in [0.15, 0.2) is 17.3 Å². The molecule has 0 fully saturated rings. The van der Waals surface area contributed by atoms with Gasteiger partial charge in [0.2, 0.25) is 0 Å². The van der Waals surface area contributed by atoms with E-state index in [9.17, 15) is 29.7 Å². The van der Waals surface area contributed by atoms with Crippen LogP contribution in [0.15, 0.2) is 35.5 Å². The molecule has 0 saturated carbocycles. The molecule has 0 spiro atoms. The van der Waals surface area contributed by atoms with Crippen LogP contribution in [0.1, 0.15) is 41.5 Å². The molecule has 0 radical (unpaired) electrons. The van der Waals surface area contributed by atoms with Gasteiger partial charge in [-0.05, 0) is 39.0 Å². The van der Waals surface area contributed by atoms with E-state index in [1.54, 1.807) is 0 Å². The van der Waals surface area contributed by atoms with Gasteiger partial charge in [-0.1, -0.05) is 20.8 Å². The van der Waals surface area contributed by atoms with Crippen molar-refractivity contribution in [2.45, 2.75) is 41.5 Å². The van der Waals surface area contributed by atoms with E-state index < -0.39 is 0 Å². The second-order valence-electron chi connectivity index (χ2n) is 4.10. The number of hydrogen-bond donors (Lipinski definition) is 0. The Balaban J connectivity index is -0.000000108. The SMILES string of the molecule is CC(=O)C=C(C)[O-].CC(=O)C=C(C)[O-].CC(=O)C=C(C)[O-].[Au+3]. The first-order valence-electron chi connectivity index (χ1n) is 5.96. The Kier molecular flexibility index (Phi) is 22.6. The fourth-order valence-corrected chi connectivity index (χ4v) is 0.859. The molecule has 128 valence electrons. The van der Waals surface area contributed by atoms with Crippen molar-refractivity contribution in [2.75, 3.05) is 0 Å². The third-order valence-electron chi connectivity index (χ3n) is 1.22. The van der Waals surface area contributed by atoms with Gasteiger partial charge in [0.1, 0.15) is 0 Å². The Morgan fingerprint density at radius 3 is 0.682 bits per heavy atom. The molecule has 0 bridgehead atoms. The van der Waals surface area contributed by atoms with Crippen molar-refractivity contribution < 1.29 is 52.1 Å². The average Bonchev–Trinajstić information content (AvgIpc) is 2.10. The predicted octanol–water partition coefficient (Wildman–Crippen LogP) is -0.484. The summed E-state index contributed by atoms with van der Waals surface area (Å²) in [6.07, 6.45) is 3.17. The molecule has 0 aliphatic carbocycles. The number of hydrogen-bond acceptors (Lipinski definition) is 6. The maximum absolute atomic E-state index is 9.98. The van der Waals surface area contributed by atoms with Gasteiger partial charge in [0.25, 0.3) is 0 Å². The van der Waals surface area contributed by atoms with Gasteiger partial charge in [-0.15, -0.1) is 17.3 Å². The zero-order chi connectivity index (χ0) is 17.6. The van der Waals surface area contributed by atoms with Crippen LogP contribution in [0.2, 0.25) is 0 Å². The van der Waals surface area contributed by atoms with E-state index in [1.807, 2.05) is 0 Å². The summed E-state index contributed by atoms with van der Waals surface area (Å²) in [4.78, 5) is 29.9. The molecule has 0 N–H and O–H groups in total. The Morgan fingerprint density at radius 1 is 0.545 bits per heavy atom. The van der Waals surface area contributed by atoms with E-state index in [1.165, 1.54) is 41.5 Å². The second kappa shape index (κ2) is 17.4. The molecule has 0 aromatic heterocycles. The van der Waals surface area contributed by atoms with Crippen LogP contribution in [-0.4, -0.2) is 17.3 Å². The quantitative estimate of drug-likeness (QED) is 0.297. The summed E-state index contributed by atoms with van der Waals surface area (Å²) >= 11 is 0. The molecule has 0 aromatic carbocycles. The molecule has 0 aliphatic rings. The number of rotatable bonds is 3. The first kappa shape index (κ1) is 28.5. The molecule has 7 heteroatoms. The predicted molar refractivity (Wildman–Crippen MR) is 73.3 cm³/mol. The minimum Gasteiger partial charge on any atom is -0.876 e. The summed E-state index contributed by atoms with van der Waals surface area (Å²) in [7, 11) is 0. The van der Waals surface area contributed by atoms with Gasteiger partial charge in [-0.2, -0.15) is 0 Å². The molecular weight excluding hydrogens is 473 g/mol. The van der Waals surface area contributed by atoms with Crippen molar-refractivity contribution in [3.05, 3.63) is 35.5 Å². The zero-order valence-corrected chi connectivity index (χ0v) is 15.6. The summed E-state index contributed by atoms with van der Waals surface area (Å²) in [6.45, 7) is 8.09. The summed E-state index contributed by atoms with van der Waals surface area (Å²) in [5.74, 6) is -1.12. The molecule has 6 nitrogen and oxygen atoms in total. The van der Waals surface area contributed by atoms with E-state index >= 15 is 0 Å². The van der Waals surface area contributed by atoms with Gasteiger partial charge in [-0.25, -0.2) is 0 Å². The number of ketones is 3. The Hall–Kier alpha value is -1.63. The molecule has 22 heavy (non-hydrogen) atoms. The Bertz CT molecular complexity index is 368. The van der Waals surface area contributed by atoms with E-state index in [-0.39, 0.29) is 57.0 Å². The van der Waals surface area contributed by atoms with Gasteiger partial charge in [0.05, 0.1) is 0 Å². The minimum absolute atomic E-state index is 0. The van der Waals surface area contributed by atoms with Gasteiger partial charge < -0.3 is 15.3 Å². The molecule has 0 heterocycles. The first-order valence-corrected chi connectivity index (χ1v) is 5.96. The van der Waals surface area contributed by atoms with Crippen LogP contribution in [0.3, 0.4) is 0 Å². The van der Waals surface area contributed by atoms with E-state index in [0.29, 0.717) is 0 Å². The van der Waals surface area contributed by atoms with Gasteiger partial charge in [-0.3, -0.25) is 14.4 Å². The van der Waals surface area contributed by atoms with Crippen LogP contribution >= 0.6 is 0 Å². The van der Waals surface area contributed by atoms with Crippen LogP contribution in [0.4, 0.5) is 0 Å². The zero-order valence-electron chi connectivity index (χ0n) is 13.5. The normalized spacial score (nSPS) is 10.9. The Labute approximate surface area is 146 Å². The molecule has 0 amide bonds. The molecule has 0 unspecified atom stereocenters. The van der Waals surface area contributed by atoms with Crippen LogP contribution in [0.25, 0.3) is 0 Å². The van der Waals surface area contributed by atoms with Crippen molar-refractivity contribution in [1.82, 2.24) is 0 Å². The molecule has 0 saturated heterocycles. The van der Waals surface area contributed by atoms with Crippen LogP contribution < -0.4 is 15.3 Å². The van der Waals surface area contributed by atoms with E-state index in [0.717, 1.165) is 18.2 Å². The average molecular weight is 494 g/mol. The summed E-state index contributed by atoms with van der Waals surface area (Å²) < 4.78 is 0. The molecule has 0 atom stereocenters. The van der Waals surface area contributed by atoms with Gasteiger partial charge in [0, 0.05) is 0 Å². The first-order chi connectivity index (χ1) is 9.38. The van der Waals surface area contributed by atoms with Crippen molar-refractivity contribution >= 4 is 17.3 Å².